The van der Waals surface area contributed by atoms with Crippen LogP contribution in [-0.2, 0) is 110 Å². The first-order valence-corrected chi connectivity index (χ1v) is 51.4. The van der Waals surface area contributed by atoms with Crippen LogP contribution in [0.3, 0.4) is 0 Å². The van der Waals surface area contributed by atoms with E-state index in [1.807, 2.05) is 102 Å². The number of nitrogens with zero attached hydrogens (tertiary/aromatic N) is 5. The Hall–Kier alpha value is -10.2. The molecule has 5 unspecified atom stereocenters. The first-order valence-electron chi connectivity index (χ1n) is 41.7. The summed E-state index contributed by atoms with van der Waals surface area (Å²) in [5.41, 5.74) is 19.7. The third-order valence-corrected chi connectivity index (χ3v) is 25.1. The van der Waals surface area contributed by atoms with Gasteiger partial charge in [0.05, 0.1) is 12.8 Å². The highest BCUT2D eigenvalue weighted by Crippen LogP contribution is 2.40. The van der Waals surface area contributed by atoms with E-state index < -0.39 is 77.4 Å². The van der Waals surface area contributed by atoms with E-state index in [4.69, 9.17) is 55.9 Å². The van der Waals surface area contributed by atoms with Gasteiger partial charge in [-0.25, -0.2) is 30.1 Å². The summed E-state index contributed by atoms with van der Waals surface area (Å²) >= 11 is 10.4. The van der Waals surface area contributed by atoms with Gasteiger partial charge in [0.2, 0.25) is 65.4 Å². The zero-order chi connectivity index (χ0) is 97.7. The standard InChI is InChI=1S/C20H24N2O5S.C20H18N2O3S.C14H15N3O3S.C13H13N3O3.C13H12N2O3S.C7H13BrO2.C2HF3O.CH4.Al.3ClH/c1-20(2,3)27-17(24)9-10-28-15-6-4-5-12-13(15)11-22(19(12)26)14-7-8-16(23)21-18(14)25;23-18-10-9-16(19(24)21-18)22-11-15-14(20(22)25)7-4-8-17(15)26-12-13-5-2-1-3-6-13;15-7-21-11-3-1-2-8-9(11)6-17(14(8)20)10-4-5-12(18)16-13(10)19;14-9-3-1-2-7-8(9)6-16(13(7)19)10-4-5-11(17)15-12(10)18;16-11-5-4-9(12(17)14-11)15-6-8-7(13(15)18)2-1-3-10(8)19;1-7(2,3)10-6(9)4-5-8;3-2(4,5)1-6;;;;;/h4-6,14H,7-11H2,1-3H3,(H,21,23,25);1-8,16H,9-12H2,(H,21,23,24);1-3,10H,4-7,15H2,(H,16,18,19);1-3,10H,4-6,14H2,(H,15,17,18);1-3,9,19H,4-6H2,(H,14,16,17);4-5H2,1-3H3;1H;1H4;;3*1H/q;;;;;;;;+3;;;/p-3. The molecule has 6 aromatic rings. The molecule has 716 valence electrons. The van der Waals surface area contributed by atoms with Crippen LogP contribution >= 0.6 is 94.0 Å². The highest BCUT2D eigenvalue weighted by molar-refractivity contribution is 9.09. The largest absolute Gasteiger partial charge is 0.643 e. The molecule has 0 aromatic heterocycles. The van der Waals surface area contributed by atoms with Crippen molar-refractivity contribution in [1.82, 2.24) is 51.1 Å². The van der Waals surface area contributed by atoms with Crippen LogP contribution in [0.1, 0.15) is 211 Å². The molecule has 5 saturated heterocycles. The van der Waals surface area contributed by atoms with Crippen LogP contribution in [-0.4, -0.2) is 207 Å². The second kappa shape index (κ2) is 49.5. The van der Waals surface area contributed by atoms with E-state index in [1.54, 1.807) is 70.1 Å². The van der Waals surface area contributed by atoms with Crippen molar-refractivity contribution in [1.29, 1.82) is 0 Å². The fourth-order valence-electron chi connectivity index (χ4n) is 15.2. The molecular formula is C90H100AlBrCl3F3N12O20S4. The number of carbonyl (C=O) groups excluding carboxylic acids is 18. The Morgan fingerprint density at radius 2 is 0.731 bits per heavy atom. The van der Waals surface area contributed by atoms with E-state index in [1.165, 1.54) is 43.8 Å². The molecule has 5 atom stereocenters. The van der Waals surface area contributed by atoms with Crippen molar-refractivity contribution < 1.29 is 109 Å². The van der Waals surface area contributed by atoms with Gasteiger partial charge in [-0.1, -0.05) is 84.0 Å². The Kier molecular flexibility index (Phi) is 40.3. The lowest BCUT2D eigenvalue weighted by atomic mass is 10.0. The number of alkyl halides is 4. The van der Waals surface area contributed by atoms with Crippen molar-refractivity contribution in [3.63, 3.8) is 0 Å². The van der Waals surface area contributed by atoms with Crippen molar-refractivity contribution in [2.75, 3.05) is 22.7 Å². The second-order valence-corrected chi connectivity index (χ2v) is 43.6. The number of hydrogen-bond acceptors (Lipinski definition) is 26. The van der Waals surface area contributed by atoms with Gasteiger partial charge in [0.15, 0.2) is 0 Å². The predicted molar refractivity (Wildman–Crippen MR) is 503 cm³/mol. The molecule has 0 bridgehead atoms. The monoisotopic (exact) mass is 2060 g/mol. The lowest BCUT2D eigenvalue weighted by Gasteiger charge is -2.29. The van der Waals surface area contributed by atoms with Gasteiger partial charge in [0.1, 0.15) is 41.4 Å². The number of piperidine rings is 5. The Morgan fingerprint density at radius 3 is 1.03 bits per heavy atom. The third kappa shape index (κ3) is 30.2. The van der Waals surface area contributed by atoms with Gasteiger partial charge in [0, 0.05) is 146 Å². The summed E-state index contributed by atoms with van der Waals surface area (Å²) in [6, 6.07) is 34.5. The van der Waals surface area contributed by atoms with Crippen LogP contribution in [0.25, 0.3) is 0 Å². The molecule has 10 aliphatic heterocycles. The summed E-state index contributed by atoms with van der Waals surface area (Å²) in [7, 11) is 14.8. The first-order chi connectivity index (χ1) is 62.8. The molecule has 0 spiro atoms. The molecule has 10 heterocycles. The number of anilines is 1. The molecule has 9 N–H and O–H groups in total. The molecule has 0 radical (unpaired) electrons. The molecule has 32 nitrogen and oxygen atoms in total. The number of aldehydes is 1. The van der Waals surface area contributed by atoms with E-state index in [0.29, 0.717) is 122 Å². The summed E-state index contributed by atoms with van der Waals surface area (Å²) < 4.78 is 41.6. The number of rotatable bonds is 16. The second-order valence-electron chi connectivity index (χ2n) is 32.7. The van der Waals surface area contributed by atoms with Gasteiger partial charge >= 0.3 is 29.5 Å². The van der Waals surface area contributed by atoms with E-state index in [-0.39, 0.29) is 134 Å². The number of nitrogens with two attached hydrogens (primary N) is 2. The average Bonchev–Trinajstić information content (AvgIpc) is 1.64. The van der Waals surface area contributed by atoms with Gasteiger partial charge in [-0.2, -0.15) is 13.2 Å². The number of hydrogen-bond donors (Lipinski definition) is 8. The molecule has 0 saturated carbocycles. The van der Waals surface area contributed by atoms with Gasteiger partial charge < -0.3 is 45.4 Å². The number of esters is 2. The lowest BCUT2D eigenvalue weighted by Crippen LogP contribution is -2.52. The summed E-state index contributed by atoms with van der Waals surface area (Å²) in [6.07, 6.45) is -1.85. The maximum atomic E-state index is 12.8. The van der Waals surface area contributed by atoms with Crippen LogP contribution < -0.4 is 38.1 Å². The number of fused-ring (bicyclic) bond motifs is 5. The van der Waals surface area contributed by atoms with E-state index in [2.05, 4.69) is 67.3 Å². The molecule has 44 heteroatoms. The number of benzene rings is 6. The molecule has 134 heavy (non-hydrogen) atoms. The minimum atomic E-state index is -4.64. The average molecular weight is 2070 g/mol. The Balaban J connectivity index is 0.000000197. The number of ether oxygens (including phenoxy) is 2. The van der Waals surface area contributed by atoms with Gasteiger partial charge in [-0.15, -0.1) is 47.9 Å². The van der Waals surface area contributed by atoms with Crippen LogP contribution in [0.5, 0.6) is 0 Å². The van der Waals surface area contributed by atoms with Crippen LogP contribution in [0.2, 0.25) is 0 Å². The summed E-state index contributed by atoms with van der Waals surface area (Å²) in [5, 5.41) is 12.2. The molecule has 0 aliphatic carbocycles. The Bertz CT molecular complexity index is 5400. The number of amides is 15. The van der Waals surface area contributed by atoms with Crippen LogP contribution in [0.4, 0.5) is 18.9 Å². The van der Waals surface area contributed by atoms with E-state index in [0.717, 1.165) is 53.2 Å². The number of nitrogen functional groups attached to an aromatic ring is 1. The first kappa shape index (κ1) is 109. The Morgan fingerprint density at radius 1 is 0.448 bits per heavy atom. The summed E-state index contributed by atoms with van der Waals surface area (Å²) in [6.45, 7) is 12.9. The number of halogens is 7. The molecule has 6 aromatic carbocycles. The smallest absolute Gasteiger partial charge is 0.460 e. The maximum absolute atomic E-state index is 12.8. The quantitative estimate of drug-likeness (QED) is 0.00513. The fourth-order valence-corrected chi connectivity index (χ4v) is 18.5. The summed E-state index contributed by atoms with van der Waals surface area (Å²) in [4.78, 5) is 222. The maximum Gasteiger partial charge on any atom is 0.643 e. The zero-order valence-electron chi connectivity index (χ0n) is 72.8. The SMILES string of the molecule is C.CC(C)(C)OC(=O)CCBr.CC(C)(C)OC(=O)CCSc1cccc2c1CN(C1CCC(=O)NC1=O)C2=O.NCSc1cccc2c1CN(C1CCC(=O)NC1=O)C2=O.Nc1cccc2c1CN(C1CCC(=O)NC1=O)C2=O.O=C1CCC(N2Cc3c(S)cccc3C2=O)C(=O)N1.O=C1CCC(N2Cc3c(SCc4ccccc4)cccc3C2=O)C(=O)N1.O=CC(F)(F)F.[Cl][Al]([Cl])[Cl]. The number of thiol groups is 1. The van der Waals surface area contributed by atoms with Crippen LogP contribution in [0.15, 0.2) is 141 Å². The highest BCUT2D eigenvalue weighted by atomic mass is 79.9. The minimum Gasteiger partial charge on any atom is -0.460 e. The van der Waals surface area contributed by atoms with Crippen molar-refractivity contribution in [2.45, 2.75) is 232 Å². The number of nitrogens with one attached hydrogen (secondary N) is 5. The lowest BCUT2D eigenvalue weighted by molar-refractivity contribution is -0.156. The molecule has 16 rings (SSSR count). The zero-order valence-corrected chi connectivity index (χ0v) is 81.2. The molecular weight excluding hydrogens is 1970 g/mol. The van der Waals surface area contributed by atoms with Crippen molar-refractivity contribution in [3.05, 3.63) is 183 Å². The molecule has 15 amide bonds. The fraction of sp³-hybridized carbons (Fsp3) is 0.400. The number of carbonyl (C=O) groups is 18. The summed E-state index contributed by atoms with van der Waals surface area (Å²) in [5.74, 6) is -2.84. The van der Waals surface area contributed by atoms with Crippen molar-refractivity contribution in [3.8, 4) is 0 Å². The van der Waals surface area contributed by atoms with Crippen molar-refractivity contribution >= 4 is 218 Å². The topological polar surface area (TPSA) is 454 Å². The van der Waals surface area contributed by atoms with Gasteiger partial charge in [-0.05, 0) is 162 Å². The normalized spacial score (nSPS) is 19.1. The van der Waals surface area contributed by atoms with Gasteiger partial charge in [0.25, 0.3) is 29.5 Å². The third-order valence-electron chi connectivity index (χ3n) is 21.1. The number of imide groups is 5. The molecule has 10 aliphatic rings. The van der Waals surface area contributed by atoms with E-state index in [9.17, 15) is 94.7 Å². The molecule has 5 fully saturated rings. The van der Waals surface area contributed by atoms with Crippen LogP contribution in [0, 0.1) is 0 Å². The van der Waals surface area contributed by atoms with E-state index >= 15 is 0 Å². The van der Waals surface area contributed by atoms with Gasteiger partial charge in [-0.3, -0.25) is 113 Å². The Labute approximate surface area is 814 Å². The number of thioether (sulfide) groups is 3. The minimum absolute atomic E-state index is 0. The van der Waals surface area contributed by atoms with Crippen molar-refractivity contribution in [2.24, 2.45) is 5.73 Å². The highest BCUT2D eigenvalue weighted by Gasteiger charge is 2.46. The predicted octanol–water partition coefficient (Wildman–Crippen LogP) is 11.4.